The zero-order valence-electron chi connectivity index (χ0n) is 12.0. The maximum absolute atomic E-state index is 13.9. The van der Waals surface area contributed by atoms with Gasteiger partial charge in [-0.15, -0.1) is 0 Å². The molecule has 0 amide bonds. The van der Waals surface area contributed by atoms with Crippen LogP contribution in [0.2, 0.25) is 0 Å². The SMILES string of the molecule is Cc1cc(C)c(C)c(-c2cccc(F)c2C(=O)O)c1C. The van der Waals surface area contributed by atoms with Crippen LogP contribution in [0.1, 0.15) is 32.6 Å². The number of hydrogen-bond acceptors (Lipinski definition) is 1. The smallest absolute Gasteiger partial charge is 0.339 e. The molecule has 3 heteroatoms. The summed E-state index contributed by atoms with van der Waals surface area (Å²) >= 11 is 0. The topological polar surface area (TPSA) is 37.3 Å². The summed E-state index contributed by atoms with van der Waals surface area (Å²) in [4.78, 5) is 11.4. The second-order valence-corrected chi connectivity index (χ2v) is 5.10. The van der Waals surface area contributed by atoms with E-state index in [1.54, 1.807) is 12.1 Å². The summed E-state index contributed by atoms with van der Waals surface area (Å²) in [6, 6.07) is 6.46. The summed E-state index contributed by atoms with van der Waals surface area (Å²) in [5.74, 6) is -1.94. The first-order valence-corrected chi connectivity index (χ1v) is 6.44. The third-order valence-corrected chi connectivity index (χ3v) is 3.86. The molecule has 0 fully saturated rings. The van der Waals surface area contributed by atoms with Crippen LogP contribution in [-0.2, 0) is 0 Å². The van der Waals surface area contributed by atoms with Crippen LogP contribution in [-0.4, -0.2) is 11.1 Å². The van der Waals surface area contributed by atoms with Gasteiger partial charge in [0.1, 0.15) is 11.4 Å². The van der Waals surface area contributed by atoms with E-state index in [-0.39, 0.29) is 5.56 Å². The Labute approximate surface area is 117 Å². The Hall–Kier alpha value is -2.16. The van der Waals surface area contributed by atoms with Crippen molar-refractivity contribution in [3.05, 3.63) is 57.9 Å². The molecular weight excluding hydrogens is 255 g/mol. The summed E-state index contributed by atoms with van der Waals surface area (Å²) in [5, 5.41) is 9.29. The van der Waals surface area contributed by atoms with Gasteiger partial charge >= 0.3 is 5.97 Å². The molecule has 0 atom stereocenters. The van der Waals surface area contributed by atoms with Gasteiger partial charge in [-0.1, -0.05) is 18.2 Å². The molecule has 0 bridgehead atoms. The van der Waals surface area contributed by atoms with Crippen LogP contribution >= 0.6 is 0 Å². The molecule has 104 valence electrons. The van der Waals surface area contributed by atoms with Crippen molar-refractivity contribution in [1.29, 1.82) is 0 Å². The van der Waals surface area contributed by atoms with Gasteiger partial charge < -0.3 is 5.11 Å². The van der Waals surface area contributed by atoms with E-state index in [0.717, 1.165) is 27.8 Å². The number of rotatable bonds is 2. The fourth-order valence-electron chi connectivity index (χ4n) is 2.57. The molecule has 20 heavy (non-hydrogen) atoms. The number of benzene rings is 2. The number of aryl methyl sites for hydroxylation is 2. The van der Waals surface area contributed by atoms with Gasteiger partial charge in [-0.3, -0.25) is 0 Å². The molecular formula is C17H17FO2. The standard InChI is InChI=1S/C17H17FO2/c1-9-8-10(2)12(4)15(11(9)3)13-6-5-7-14(18)16(13)17(19)20/h5-8H,1-4H3,(H,19,20). The van der Waals surface area contributed by atoms with Crippen molar-refractivity contribution < 1.29 is 14.3 Å². The van der Waals surface area contributed by atoms with Crippen molar-refractivity contribution in [3.8, 4) is 11.1 Å². The average Bonchev–Trinajstić information content (AvgIpc) is 2.36. The number of carboxylic acid groups (broad SMARTS) is 1. The molecule has 1 N–H and O–H groups in total. The van der Waals surface area contributed by atoms with Gasteiger partial charge in [0.05, 0.1) is 0 Å². The zero-order chi connectivity index (χ0) is 15.0. The van der Waals surface area contributed by atoms with E-state index in [2.05, 4.69) is 6.07 Å². The van der Waals surface area contributed by atoms with E-state index in [4.69, 9.17) is 0 Å². The highest BCUT2D eigenvalue weighted by Crippen LogP contribution is 2.34. The number of hydrogen-bond donors (Lipinski definition) is 1. The Balaban J connectivity index is 2.89. The van der Waals surface area contributed by atoms with Gasteiger partial charge in [0.15, 0.2) is 0 Å². The van der Waals surface area contributed by atoms with Gasteiger partial charge in [0.2, 0.25) is 0 Å². The molecule has 2 aromatic rings. The molecule has 2 nitrogen and oxygen atoms in total. The van der Waals surface area contributed by atoms with Gasteiger partial charge in [-0.25, -0.2) is 9.18 Å². The van der Waals surface area contributed by atoms with Crippen molar-refractivity contribution in [3.63, 3.8) is 0 Å². The third kappa shape index (κ3) is 2.20. The Bertz CT molecular complexity index is 676. The van der Waals surface area contributed by atoms with Crippen LogP contribution in [0.5, 0.6) is 0 Å². The maximum atomic E-state index is 13.9. The number of carboxylic acids is 1. The minimum Gasteiger partial charge on any atom is -0.478 e. The Kier molecular flexibility index (Phi) is 3.62. The van der Waals surface area contributed by atoms with E-state index < -0.39 is 11.8 Å². The van der Waals surface area contributed by atoms with Crippen LogP contribution in [0, 0.1) is 33.5 Å². The Morgan fingerprint density at radius 3 is 2.10 bits per heavy atom. The lowest BCUT2D eigenvalue weighted by Gasteiger charge is -2.17. The van der Waals surface area contributed by atoms with Crippen molar-refractivity contribution in [2.75, 3.05) is 0 Å². The Morgan fingerprint density at radius 2 is 1.60 bits per heavy atom. The highest BCUT2D eigenvalue weighted by atomic mass is 19.1. The minimum atomic E-state index is -1.24. The second kappa shape index (κ2) is 5.08. The normalized spacial score (nSPS) is 10.7. The Morgan fingerprint density at radius 1 is 1.05 bits per heavy atom. The quantitative estimate of drug-likeness (QED) is 0.878. The monoisotopic (exact) mass is 272 g/mol. The maximum Gasteiger partial charge on any atom is 0.339 e. The third-order valence-electron chi connectivity index (χ3n) is 3.86. The van der Waals surface area contributed by atoms with Crippen molar-refractivity contribution >= 4 is 5.97 Å². The van der Waals surface area contributed by atoms with Gasteiger partial charge in [0, 0.05) is 0 Å². The van der Waals surface area contributed by atoms with Crippen LogP contribution in [0.4, 0.5) is 4.39 Å². The molecule has 0 aromatic heterocycles. The van der Waals surface area contributed by atoms with Crippen molar-refractivity contribution in [2.45, 2.75) is 27.7 Å². The van der Waals surface area contributed by atoms with Crippen LogP contribution in [0.3, 0.4) is 0 Å². The van der Waals surface area contributed by atoms with Gasteiger partial charge in [0.25, 0.3) is 0 Å². The lowest BCUT2D eigenvalue weighted by Crippen LogP contribution is -2.06. The highest BCUT2D eigenvalue weighted by molar-refractivity contribution is 5.97. The molecule has 2 aromatic carbocycles. The second-order valence-electron chi connectivity index (χ2n) is 5.10. The predicted octanol–water partition coefficient (Wildman–Crippen LogP) is 4.42. The fraction of sp³-hybridized carbons (Fsp3) is 0.235. The van der Waals surface area contributed by atoms with E-state index in [9.17, 15) is 14.3 Å². The molecule has 0 aliphatic rings. The first-order chi connectivity index (χ1) is 9.34. The van der Waals surface area contributed by atoms with E-state index in [1.807, 2.05) is 27.7 Å². The fourth-order valence-corrected chi connectivity index (χ4v) is 2.57. The molecule has 0 aliphatic carbocycles. The minimum absolute atomic E-state index is 0.260. The van der Waals surface area contributed by atoms with Crippen molar-refractivity contribution in [2.24, 2.45) is 0 Å². The van der Waals surface area contributed by atoms with Crippen LogP contribution < -0.4 is 0 Å². The predicted molar refractivity (Wildman–Crippen MR) is 77.7 cm³/mol. The molecule has 0 saturated carbocycles. The molecule has 0 radical (unpaired) electrons. The van der Waals surface area contributed by atoms with Crippen LogP contribution in [0.25, 0.3) is 11.1 Å². The molecule has 0 heterocycles. The lowest BCUT2D eigenvalue weighted by molar-refractivity contribution is 0.0693. The molecule has 0 aliphatic heterocycles. The highest BCUT2D eigenvalue weighted by Gasteiger charge is 2.20. The summed E-state index contributed by atoms with van der Waals surface area (Å²) in [7, 11) is 0. The number of aromatic carboxylic acids is 1. The van der Waals surface area contributed by atoms with Crippen molar-refractivity contribution in [1.82, 2.24) is 0 Å². The average molecular weight is 272 g/mol. The molecule has 0 unspecified atom stereocenters. The van der Waals surface area contributed by atoms with E-state index >= 15 is 0 Å². The van der Waals surface area contributed by atoms with Crippen LogP contribution in [0.15, 0.2) is 24.3 Å². The molecule has 0 saturated heterocycles. The molecule has 2 rings (SSSR count). The molecule has 0 spiro atoms. The largest absolute Gasteiger partial charge is 0.478 e. The van der Waals surface area contributed by atoms with E-state index in [1.165, 1.54) is 6.07 Å². The zero-order valence-corrected chi connectivity index (χ0v) is 12.0. The summed E-state index contributed by atoms with van der Waals surface area (Å²) in [6.07, 6.45) is 0. The first-order valence-electron chi connectivity index (χ1n) is 6.44. The van der Waals surface area contributed by atoms with Gasteiger partial charge in [-0.2, -0.15) is 0 Å². The summed E-state index contributed by atoms with van der Waals surface area (Å²) in [5.41, 5.74) is 5.12. The lowest BCUT2D eigenvalue weighted by atomic mass is 9.87. The van der Waals surface area contributed by atoms with Gasteiger partial charge in [-0.05, 0) is 67.1 Å². The number of halogens is 1. The number of carbonyl (C=O) groups is 1. The van der Waals surface area contributed by atoms with E-state index in [0.29, 0.717) is 5.56 Å². The summed E-state index contributed by atoms with van der Waals surface area (Å²) in [6.45, 7) is 7.83. The first kappa shape index (κ1) is 14.3. The summed E-state index contributed by atoms with van der Waals surface area (Å²) < 4.78 is 13.9.